The molecule has 1 saturated carbocycles. The highest BCUT2D eigenvalue weighted by Gasteiger charge is 2.41. The predicted molar refractivity (Wildman–Crippen MR) is 120 cm³/mol. The Hall–Kier alpha value is -2.25. The van der Waals surface area contributed by atoms with Crippen LogP contribution < -0.4 is 10.9 Å². The van der Waals surface area contributed by atoms with E-state index in [1.165, 1.54) is 4.57 Å². The van der Waals surface area contributed by atoms with Crippen LogP contribution in [-0.4, -0.2) is 69.0 Å². The molecule has 2 atom stereocenters. The molecule has 2 aromatic heterocycles. The fraction of sp³-hybridized carbons (Fsp3) is 0.667. The van der Waals surface area contributed by atoms with E-state index in [1.54, 1.807) is 26.1 Å². The van der Waals surface area contributed by atoms with Crippen LogP contribution >= 0.6 is 0 Å². The smallest absolute Gasteiger partial charge is 0.388 e. The van der Waals surface area contributed by atoms with E-state index >= 15 is 0 Å². The molecule has 13 heteroatoms. The van der Waals surface area contributed by atoms with Gasteiger partial charge in [0.25, 0.3) is 5.56 Å². The normalized spacial score (nSPS) is 25.2. The van der Waals surface area contributed by atoms with Crippen LogP contribution in [0.4, 0.5) is 19.1 Å². The highest BCUT2D eigenvalue weighted by molar-refractivity contribution is 7.89. The second-order valence-corrected chi connectivity index (χ2v) is 11.4. The lowest BCUT2D eigenvalue weighted by Crippen LogP contribution is -2.45. The quantitative estimate of drug-likeness (QED) is 0.643. The summed E-state index contributed by atoms with van der Waals surface area (Å²) < 4.78 is 64.1. The Morgan fingerprint density at radius 3 is 2.53 bits per heavy atom. The number of piperidine rings is 1. The molecule has 4 rings (SSSR count). The lowest BCUT2D eigenvalue weighted by atomic mass is 9.99. The first kappa shape index (κ1) is 24.9. The molecule has 0 amide bonds. The van der Waals surface area contributed by atoms with Crippen molar-refractivity contribution in [2.45, 2.75) is 69.8 Å². The summed E-state index contributed by atoms with van der Waals surface area (Å²) in [6, 6.07) is 1.04. The molecule has 0 bridgehead atoms. The number of aromatic nitrogens is 3. The molecule has 2 N–H and O–H groups in total. The Morgan fingerprint density at radius 1 is 1.26 bits per heavy atom. The number of halogens is 3. The number of rotatable bonds is 5. The maximum atomic E-state index is 13.0. The fourth-order valence-electron chi connectivity index (χ4n) is 4.91. The zero-order valence-electron chi connectivity index (χ0n) is 19.0. The van der Waals surface area contributed by atoms with Gasteiger partial charge in [-0.25, -0.2) is 17.7 Å². The van der Waals surface area contributed by atoms with E-state index in [0.29, 0.717) is 29.4 Å². The molecular formula is C21H28F3N5O4S. The SMILES string of the molecule is Cc1cc2cnc(NC3CCN(S(=O)(=O)CC(F)(F)F)CC3)nc2n([C@@H]2CCC[C@@]2(C)O)c1=O. The number of aliphatic hydroxyl groups is 1. The van der Waals surface area contributed by atoms with Gasteiger partial charge in [0.05, 0.1) is 11.6 Å². The van der Waals surface area contributed by atoms with Crippen molar-refractivity contribution in [3.63, 3.8) is 0 Å². The first-order valence-corrected chi connectivity index (χ1v) is 12.8. The Bertz CT molecular complexity index is 1240. The molecule has 9 nitrogen and oxygen atoms in total. The minimum absolute atomic E-state index is 0.0431. The van der Waals surface area contributed by atoms with Crippen molar-refractivity contribution < 1.29 is 26.7 Å². The monoisotopic (exact) mass is 503 g/mol. The molecule has 2 fully saturated rings. The molecule has 188 valence electrons. The van der Waals surface area contributed by atoms with E-state index in [1.807, 2.05) is 0 Å². The van der Waals surface area contributed by atoms with Gasteiger partial charge >= 0.3 is 6.18 Å². The largest absolute Gasteiger partial charge is 0.404 e. The topological polar surface area (TPSA) is 117 Å². The average Bonchev–Trinajstić information content (AvgIpc) is 3.07. The summed E-state index contributed by atoms with van der Waals surface area (Å²) in [5.41, 5.74) is -0.359. The van der Waals surface area contributed by atoms with Crippen molar-refractivity contribution in [3.8, 4) is 0 Å². The number of pyridine rings is 1. The number of nitrogens with zero attached hydrogens (tertiary/aromatic N) is 4. The predicted octanol–water partition coefficient (Wildman–Crippen LogP) is 2.34. The van der Waals surface area contributed by atoms with Crippen LogP contribution in [0.5, 0.6) is 0 Å². The maximum Gasteiger partial charge on any atom is 0.404 e. The Morgan fingerprint density at radius 2 is 1.94 bits per heavy atom. The highest BCUT2D eigenvalue weighted by Crippen LogP contribution is 2.39. The van der Waals surface area contributed by atoms with Crippen LogP contribution in [0.25, 0.3) is 11.0 Å². The molecule has 0 unspecified atom stereocenters. The van der Waals surface area contributed by atoms with Crippen LogP contribution in [-0.2, 0) is 10.0 Å². The Balaban J connectivity index is 1.55. The van der Waals surface area contributed by atoms with Gasteiger partial charge in [-0.05, 0) is 52.0 Å². The van der Waals surface area contributed by atoms with Crippen molar-refractivity contribution in [3.05, 3.63) is 28.2 Å². The molecular weight excluding hydrogens is 475 g/mol. The van der Waals surface area contributed by atoms with E-state index in [0.717, 1.165) is 10.7 Å². The van der Waals surface area contributed by atoms with Gasteiger partial charge in [0.2, 0.25) is 16.0 Å². The van der Waals surface area contributed by atoms with E-state index < -0.39 is 33.6 Å². The second-order valence-electron chi connectivity index (χ2n) is 9.43. The van der Waals surface area contributed by atoms with Crippen LogP contribution in [0.3, 0.4) is 0 Å². The zero-order valence-corrected chi connectivity index (χ0v) is 19.8. The first-order chi connectivity index (χ1) is 15.8. The molecule has 3 heterocycles. The van der Waals surface area contributed by atoms with Crippen LogP contribution in [0, 0.1) is 6.92 Å². The summed E-state index contributed by atoms with van der Waals surface area (Å²) in [6.07, 6.45) is -0.627. The number of nitrogens with one attached hydrogen (secondary N) is 1. The van der Waals surface area contributed by atoms with Gasteiger partial charge in [0.15, 0.2) is 5.75 Å². The van der Waals surface area contributed by atoms with Gasteiger partial charge < -0.3 is 10.4 Å². The number of fused-ring (bicyclic) bond motifs is 1. The lowest BCUT2D eigenvalue weighted by molar-refractivity contribution is -0.107. The third-order valence-corrected chi connectivity index (χ3v) is 8.51. The number of alkyl halides is 3. The summed E-state index contributed by atoms with van der Waals surface area (Å²) in [5.74, 6) is -1.63. The molecule has 1 aliphatic carbocycles. The molecule has 1 aliphatic heterocycles. The summed E-state index contributed by atoms with van der Waals surface area (Å²) in [6.45, 7) is 3.33. The molecule has 1 saturated heterocycles. The number of aryl methyl sites for hydroxylation is 1. The van der Waals surface area contributed by atoms with Crippen LogP contribution in [0.2, 0.25) is 0 Å². The number of hydrogen-bond donors (Lipinski definition) is 2. The van der Waals surface area contributed by atoms with E-state index in [2.05, 4.69) is 15.3 Å². The third kappa shape index (κ3) is 5.05. The summed E-state index contributed by atoms with van der Waals surface area (Å²) in [4.78, 5) is 21.9. The minimum Gasteiger partial charge on any atom is -0.388 e. The van der Waals surface area contributed by atoms with Gasteiger partial charge in [-0.1, -0.05) is 0 Å². The number of hydrogen-bond acceptors (Lipinski definition) is 7. The summed E-state index contributed by atoms with van der Waals surface area (Å²) in [7, 11) is -4.41. The number of anilines is 1. The van der Waals surface area contributed by atoms with Gasteiger partial charge in [-0.2, -0.15) is 18.2 Å². The molecule has 34 heavy (non-hydrogen) atoms. The van der Waals surface area contributed by atoms with Gasteiger partial charge in [-0.3, -0.25) is 9.36 Å². The van der Waals surface area contributed by atoms with Gasteiger partial charge in [0.1, 0.15) is 5.65 Å². The summed E-state index contributed by atoms with van der Waals surface area (Å²) >= 11 is 0. The molecule has 0 radical (unpaired) electrons. The molecule has 2 aliphatic rings. The Kier molecular flexibility index (Phi) is 6.40. The van der Waals surface area contributed by atoms with E-state index in [9.17, 15) is 31.5 Å². The van der Waals surface area contributed by atoms with Crippen molar-refractivity contribution in [1.82, 2.24) is 18.8 Å². The molecule has 0 aromatic carbocycles. The standard InChI is InChI=1S/C21H28F3N5O4S/c1-13-10-14-11-25-19(27-17(14)29(18(13)30)16-4-3-7-20(16,2)31)26-15-5-8-28(9-6-15)34(32,33)12-21(22,23)24/h10-11,15-16,31H,3-9,12H2,1-2H3,(H,25,26,27)/t16-,20-/m1/s1. The average molecular weight is 504 g/mol. The van der Waals surface area contributed by atoms with E-state index in [-0.39, 0.29) is 43.5 Å². The van der Waals surface area contributed by atoms with Gasteiger partial charge in [-0.15, -0.1) is 0 Å². The van der Waals surface area contributed by atoms with Gasteiger partial charge in [0, 0.05) is 36.3 Å². The fourth-order valence-corrected chi connectivity index (χ4v) is 6.28. The second kappa shape index (κ2) is 8.76. The lowest BCUT2D eigenvalue weighted by Gasteiger charge is -2.32. The van der Waals surface area contributed by atoms with Crippen LogP contribution in [0.15, 0.2) is 17.1 Å². The first-order valence-electron chi connectivity index (χ1n) is 11.2. The molecule has 0 spiro atoms. The van der Waals surface area contributed by atoms with Crippen LogP contribution in [0.1, 0.15) is 50.6 Å². The van der Waals surface area contributed by atoms with Crippen molar-refractivity contribution in [2.75, 3.05) is 24.2 Å². The van der Waals surface area contributed by atoms with Crippen molar-refractivity contribution in [2.24, 2.45) is 0 Å². The third-order valence-electron chi connectivity index (χ3n) is 6.67. The van der Waals surface area contributed by atoms with E-state index in [4.69, 9.17) is 0 Å². The Labute approximate surface area is 195 Å². The van der Waals surface area contributed by atoms with Crippen molar-refractivity contribution in [1.29, 1.82) is 0 Å². The van der Waals surface area contributed by atoms with Crippen molar-refractivity contribution >= 4 is 27.0 Å². The highest BCUT2D eigenvalue weighted by atomic mass is 32.2. The zero-order chi connectivity index (χ0) is 24.9. The number of sulfonamides is 1. The molecule has 2 aromatic rings. The maximum absolute atomic E-state index is 13.0. The summed E-state index contributed by atoms with van der Waals surface area (Å²) in [5, 5.41) is 14.6. The minimum atomic E-state index is -4.79.